The van der Waals surface area contributed by atoms with Crippen molar-refractivity contribution in [1.82, 2.24) is 0 Å². The van der Waals surface area contributed by atoms with Crippen molar-refractivity contribution >= 4 is 15.9 Å². The van der Waals surface area contributed by atoms with E-state index in [2.05, 4.69) is 29.4 Å². The largest absolute Gasteiger partial charge is 0.0999 e. The molecule has 0 aromatic rings. The van der Waals surface area contributed by atoms with Crippen molar-refractivity contribution in [1.29, 1.82) is 0 Å². The highest BCUT2D eigenvalue weighted by Crippen LogP contribution is 2.16. The lowest BCUT2D eigenvalue weighted by molar-refractivity contribution is 0.571. The maximum atomic E-state index is 4.20. The zero-order valence-electron chi connectivity index (χ0n) is 12.5. The van der Waals surface area contributed by atoms with E-state index in [0.29, 0.717) is 0 Å². The Hall–Kier alpha value is 0.220. The molecule has 0 bridgehead atoms. The Morgan fingerprint density at radius 1 is 0.722 bits per heavy atom. The van der Waals surface area contributed by atoms with Crippen LogP contribution in [0, 0.1) is 0 Å². The molecule has 0 aromatic carbocycles. The van der Waals surface area contributed by atoms with E-state index >= 15 is 0 Å². The van der Waals surface area contributed by atoms with Crippen LogP contribution in [-0.2, 0) is 0 Å². The number of unbranched alkanes of at least 4 members (excludes halogenated alkanes) is 9. The van der Waals surface area contributed by atoms with Crippen molar-refractivity contribution in [2.24, 2.45) is 0 Å². The quantitative estimate of drug-likeness (QED) is 0.183. The second-order valence-electron chi connectivity index (χ2n) is 5.47. The summed E-state index contributed by atoms with van der Waals surface area (Å²) in [7, 11) is 0. The molecule has 0 rings (SSSR count). The number of hydrogen-bond donors (Lipinski definition) is 0. The SMILES string of the molecule is C=C(CCCCCBr)CCCCCCCCCC. The van der Waals surface area contributed by atoms with E-state index in [1.54, 1.807) is 0 Å². The highest BCUT2D eigenvalue weighted by Gasteiger charge is 1.96. The third kappa shape index (κ3) is 14.3. The van der Waals surface area contributed by atoms with Gasteiger partial charge in [-0.15, -0.1) is 0 Å². The minimum absolute atomic E-state index is 1.15. The molecule has 0 atom stereocenters. The molecule has 0 amide bonds. The van der Waals surface area contributed by atoms with Gasteiger partial charge in [0.1, 0.15) is 0 Å². The summed E-state index contributed by atoms with van der Waals surface area (Å²) in [6, 6.07) is 0. The van der Waals surface area contributed by atoms with Gasteiger partial charge in [-0.25, -0.2) is 0 Å². The van der Waals surface area contributed by atoms with Gasteiger partial charge in [0.05, 0.1) is 0 Å². The van der Waals surface area contributed by atoms with Gasteiger partial charge in [0.15, 0.2) is 0 Å². The molecule has 0 aliphatic carbocycles. The summed E-state index contributed by atoms with van der Waals surface area (Å²) >= 11 is 3.48. The predicted octanol–water partition coefficient (Wildman–Crippen LogP) is 7.03. The Morgan fingerprint density at radius 2 is 1.17 bits per heavy atom. The van der Waals surface area contributed by atoms with Gasteiger partial charge < -0.3 is 0 Å². The molecule has 0 nitrogen and oxygen atoms in total. The van der Waals surface area contributed by atoms with Gasteiger partial charge in [0, 0.05) is 5.33 Å². The van der Waals surface area contributed by atoms with Crippen LogP contribution in [0.1, 0.15) is 90.4 Å². The second kappa shape index (κ2) is 15.3. The van der Waals surface area contributed by atoms with E-state index in [1.807, 2.05) is 0 Å². The number of rotatable bonds is 14. The van der Waals surface area contributed by atoms with Crippen LogP contribution in [0.5, 0.6) is 0 Å². The van der Waals surface area contributed by atoms with Crippen LogP contribution in [0.3, 0.4) is 0 Å². The van der Waals surface area contributed by atoms with Crippen LogP contribution in [-0.4, -0.2) is 5.33 Å². The minimum atomic E-state index is 1.15. The van der Waals surface area contributed by atoms with Crippen molar-refractivity contribution in [3.8, 4) is 0 Å². The number of alkyl halides is 1. The molecule has 0 fully saturated rings. The van der Waals surface area contributed by atoms with Crippen molar-refractivity contribution < 1.29 is 0 Å². The summed E-state index contributed by atoms with van der Waals surface area (Å²) in [5, 5.41) is 1.15. The van der Waals surface area contributed by atoms with Crippen LogP contribution in [0.4, 0.5) is 0 Å². The lowest BCUT2D eigenvalue weighted by Crippen LogP contribution is -1.86. The van der Waals surface area contributed by atoms with E-state index in [-0.39, 0.29) is 0 Å². The highest BCUT2D eigenvalue weighted by atomic mass is 79.9. The van der Waals surface area contributed by atoms with E-state index < -0.39 is 0 Å². The van der Waals surface area contributed by atoms with Gasteiger partial charge >= 0.3 is 0 Å². The topological polar surface area (TPSA) is 0 Å². The molecule has 0 heterocycles. The van der Waals surface area contributed by atoms with E-state index in [1.165, 1.54) is 89.0 Å². The Bertz CT molecular complexity index is 174. The van der Waals surface area contributed by atoms with E-state index in [9.17, 15) is 0 Å². The van der Waals surface area contributed by atoms with Gasteiger partial charge in [-0.1, -0.05) is 86.4 Å². The second-order valence-corrected chi connectivity index (χ2v) is 6.27. The predicted molar refractivity (Wildman–Crippen MR) is 88.6 cm³/mol. The standard InChI is InChI=1S/C17H33Br/c1-3-4-5-6-7-8-9-11-14-17(2)15-12-10-13-16-18/h2-16H2,1H3. The Kier molecular flexibility index (Phi) is 15.5. The van der Waals surface area contributed by atoms with Crippen LogP contribution in [0.2, 0.25) is 0 Å². The first-order valence-corrected chi connectivity index (χ1v) is 9.16. The minimum Gasteiger partial charge on any atom is -0.0999 e. The van der Waals surface area contributed by atoms with Gasteiger partial charge in [-0.2, -0.15) is 0 Å². The Balaban J connectivity index is 3.10. The summed E-state index contributed by atoms with van der Waals surface area (Å²) < 4.78 is 0. The molecule has 0 aromatic heterocycles. The summed E-state index contributed by atoms with van der Waals surface area (Å²) in [6.45, 7) is 6.48. The molecule has 0 saturated heterocycles. The summed E-state index contributed by atoms with van der Waals surface area (Å²) in [5.74, 6) is 0. The average molecular weight is 317 g/mol. The number of hydrogen-bond acceptors (Lipinski definition) is 0. The van der Waals surface area contributed by atoms with Crippen LogP contribution < -0.4 is 0 Å². The van der Waals surface area contributed by atoms with Crippen molar-refractivity contribution in [2.45, 2.75) is 90.4 Å². The third-order valence-electron chi connectivity index (χ3n) is 3.55. The number of allylic oxidation sites excluding steroid dienone is 1. The van der Waals surface area contributed by atoms with Gasteiger partial charge in [0.2, 0.25) is 0 Å². The zero-order valence-corrected chi connectivity index (χ0v) is 14.1. The smallest absolute Gasteiger partial charge is 0.00313 e. The van der Waals surface area contributed by atoms with Crippen molar-refractivity contribution in [2.75, 3.05) is 5.33 Å². The fourth-order valence-corrected chi connectivity index (χ4v) is 2.68. The van der Waals surface area contributed by atoms with Crippen molar-refractivity contribution in [3.63, 3.8) is 0 Å². The Morgan fingerprint density at radius 3 is 1.67 bits per heavy atom. The average Bonchev–Trinajstić information content (AvgIpc) is 2.38. The molecule has 0 radical (unpaired) electrons. The van der Waals surface area contributed by atoms with Crippen LogP contribution in [0.25, 0.3) is 0 Å². The van der Waals surface area contributed by atoms with Crippen LogP contribution >= 0.6 is 15.9 Å². The zero-order chi connectivity index (χ0) is 13.5. The molecular weight excluding hydrogens is 284 g/mol. The molecule has 0 N–H and O–H groups in total. The molecule has 0 saturated carbocycles. The summed E-state index contributed by atoms with van der Waals surface area (Å²) in [6.07, 6.45) is 17.8. The molecule has 0 unspecified atom stereocenters. The van der Waals surface area contributed by atoms with Gasteiger partial charge in [-0.3, -0.25) is 0 Å². The fourth-order valence-electron chi connectivity index (χ4n) is 2.28. The van der Waals surface area contributed by atoms with Crippen molar-refractivity contribution in [3.05, 3.63) is 12.2 Å². The lowest BCUT2D eigenvalue weighted by atomic mass is 10.0. The third-order valence-corrected chi connectivity index (χ3v) is 4.11. The van der Waals surface area contributed by atoms with Gasteiger partial charge in [-0.05, 0) is 32.1 Å². The normalized spacial score (nSPS) is 10.8. The maximum Gasteiger partial charge on any atom is 0.00313 e. The van der Waals surface area contributed by atoms with Crippen LogP contribution in [0.15, 0.2) is 12.2 Å². The molecular formula is C17H33Br. The summed E-state index contributed by atoms with van der Waals surface area (Å²) in [5.41, 5.74) is 1.48. The number of halogens is 1. The Labute approximate surface area is 124 Å². The first-order chi connectivity index (χ1) is 8.81. The molecule has 0 aliphatic rings. The lowest BCUT2D eigenvalue weighted by Gasteiger charge is -2.05. The highest BCUT2D eigenvalue weighted by molar-refractivity contribution is 9.09. The summed E-state index contributed by atoms with van der Waals surface area (Å²) in [4.78, 5) is 0. The van der Waals surface area contributed by atoms with E-state index in [4.69, 9.17) is 0 Å². The molecule has 1 heteroatoms. The monoisotopic (exact) mass is 316 g/mol. The van der Waals surface area contributed by atoms with E-state index in [0.717, 1.165) is 5.33 Å². The fraction of sp³-hybridized carbons (Fsp3) is 0.882. The molecule has 18 heavy (non-hydrogen) atoms. The van der Waals surface area contributed by atoms with Gasteiger partial charge in [0.25, 0.3) is 0 Å². The first kappa shape index (κ1) is 18.2. The molecule has 0 spiro atoms. The maximum absolute atomic E-state index is 4.20. The first-order valence-electron chi connectivity index (χ1n) is 8.04. The molecule has 108 valence electrons. The molecule has 0 aliphatic heterocycles.